The maximum atomic E-state index is 11.9. The van der Waals surface area contributed by atoms with Crippen LogP contribution in [0.15, 0.2) is 0 Å². The normalized spacial score (nSPS) is 45.7. The van der Waals surface area contributed by atoms with Gasteiger partial charge in [0.15, 0.2) is 12.4 Å². The lowest BCUT2D eigenvalue weighted by Crippen LogP contribution is -2.59. The highest BCUT2D eigenvalue weighted by Gasteiger charge is 2.64. The van der Waals surface area contributed by atoms with E-state index >= 15 is 0 Å². The van der Waals surface area contributed by atoms with Crippen LogP contribution in [-0.4, -0.2) is 66.9 Å². The molecule has 5 rings (SSSR count). The average Bonchev–Trinajstić information content (AvgIpc) is 3.32. The van der Waals surface area contributed by atoms with Gasteiger partial charge in [0.2, 0.25) is 0 Å². The summed E-state index contributed by atoms with van der Waals surface area (Å²) in [6, 6.07) is 0. The molecule has 0 radical (unpaired) electrons. The Morgan fingerprint density at radius 1 is 0.955 bits per heavy atom. The first-order chi connectivity index (χ1) is 20.8. The number of aliphatic hydroxyl groups excluding tert-OH is 1. The van der Waals surface area contributed by atoms with Crippen molar-refractivity contribution in [1.29, 1.82) is 0 Å². The maximum Gasteiger partial charge on any atom is 0.305 e. The van der Waals surface area contributed by atoms with E-state index in [1.807, 2.05) is 6.92 Å². The molecule has 9 heteroatoms. The molecule has 0 aromatic rings. The molecule has 1 N–H and O–H groups in total. The number of esters is 3. The second-order valence-electron chi connectivity index (χ2n) is 15.3. The Balaban J connectivity index is 1.22. The molecule has 5 aliphatic rings. The van der Waals surface area contributed by atoms with E-state index in [4.69, 9.17) is 23.7 Å². The molecule has 0 bridgehead atoms. The summed E-state index contributed by atoms with van der Waals surface area (Å²) in [5.74, 6) is 1.99. The first-order valence-corrected chi connectivity index (χ1v) is 17.2. The van der Waals surface area contributed by atoms with Crippen LogP contribution in [0.3, 0.4) is 0 Å². The van der Waals surface area contributed by atoms with E-state index in [0.717, 1.165) is 38.5 Å². The molecule has 1 aliphatic heterocycles. The van der Waals surface area contributed by atoms with E-state index in [1.54, 1.807) is 0 Å². The SMILES string of the molecule is COC(=O)CC[C@@H](C)[C@H]1CC[C@H]2[C@@H]3CC[C@@H]4C[C@H](O[C@H]5C[C@H](OC(C)=O)[C@@H](OC(C)=O)[C@H](C)O5)CC[C@]4(C)[C@H]3C[C@H](O)[C@]12C. The molecule has 250 valence electrons. The van der Waals surface area contributed by atoms with Crippen LogP contribution in [-0.2, 0) is 38.1 Å². The number of fused-ring (bicyclic) bond motifs is 5. The fourth-order valence-corrected chi connectivity index (χ4v) is 10.9. The van der Waals surface area contributed by atoms with Crippen LogP contribution < -0.4 is 0 Å². The lowest BCUT2D eigenvalue weighted by molar-refractivity contribution is -0.274. The third-order valence-corrected chi connectivity index (χ3v) is 13.1. The molecule has 14 atom stereocenters. The van der Waals surface area contributed by atoms with Crippen LogP contribution in [0.2, 0.25) is 0 Å². The minimum atomic E-state index is -0.657. The van der Waals surface area contributed by atoms with E-state index in [-0.39, 0.29) is 29.0 Å². The molecule has 4 saturated carbocycles. The van der Waals surface area contributed by atoms with Gasteiger partial charge in [-0.2, -0.15) is 0 Å². The van der Waals surface area contributed by atoms with Gasteiger partial charge in [0.1, 0.15) is 6.10 Å². The maximum absolute atomic E-state index is 11.9. The van der Waals surface area contributed by atoms with E-state index in [2.05, 4.69) is 20.8 Å². The monoisotopic (exact) mass is 620 g/mol. The minimum absolute atomic E-state index is 0.0513. The minimum Gasteiger partial charge on any atom is -0.469 e. The van der Waals surface area contributed by atoms with Crippen LogP contribution in [0.4, 0.5) is 0 Å². The molecule has 0 aromatic carbocycles. The summed E-state index contributed by atoms with van der Waals surface area (Å²) in [6.07, 6.45) is 7.56. The predicted molar refractivity (Wildman–Crippen MR) is 162 cm³/mol. The summed E-state index contributed by atoms with van der Waals surface area (Å²) in [4.78, 5) is 35.3. The number of hydrogen-bond donors (Lipinski definition) is 1. The Bertz CT molecular complexity index is 1060. The van der Waals surface area contributed by atoms with Crippen molar-refractivity contribution in [2.45, 2.75) is 149 Å². The Kier molecular flexibility index (Phi) is 10.1. The topological polar surface area (TPSA) is 118 Å². The zero-order valence-electron chi connectivity index (χ0n) is 27.9. The lowest BCUT2D eigenvalue weighted by atomic mass is 9.43. The van der Waals surface area contributed by atoms with Crippen molar-refractivity contribution in [3.63, 3.8) is 0 Å². The average molecular weight is 621 g/mol. The number of methoxy groups -OCH3 is 1. The van der Waals surface area contributed by atoms with Gasteiger partial charge in [-0.15, -0.1) is 0 Å². The van der Waals surface area contributed by atoms with Gasteiger partial charge in [0.05, 0.1) is 25.4 Å². The Hall–Kier alpha value is -1.71. The van der Waals surface area contributed by atoms with Crippen molar-refractivity contribution >= 4 is 17.9 Å². The van der Waals surface area contributed by atoms with Gasteiger partial charge in [-0.1, -0.05) is 20.8 Å². The fraction of sp³-hybridized carbons (Fsp3) is 0.914. The van der Waals surface area contributed by atoms with E-state index in [9.17, 15) is 19.5 Å². The first-order valence-electron chi connectivity index (χ1n) is 17.2. The molecule has 1 saturated heterocycles. The van der Waals surface area contributed by atoms with Crippen LogP contribution in [0.1, 0.15) is 112 Å². The quantitative estimate of drug-likeness (QED) is 0.211. The second-order valence-corrected chi connectivity index (χ2v) is 15.3. The third-order valence-electron chi connectivity index (χ3n) is 13.1. The molecule has 9 nitrogen and oxygen atoms in total. The van der Waals surface area contributed by atoms with Gasteiger partial charge < -0.3 is 28.8 Å². The molecule has 4 aliphatic carbocycles. The number of aliphatic hydroxyl groups is 1. The van der Waals surface area contributed by atoms with Crippen molar-refractivity contribution < 1.29 is 43.2 Å². The summed E-state index contributed by atoms with van der Waals surface area (Å²) >= 11 is 0. The van der Waals surface area contributed by atoms with Gasteiger partial charge in [-0.3, -0.25) is 14.4 Å². The van der Waals surface area contributed by atoms with Gasteiger partial charge in [0, 0.05) is 26.7 Å². The highest BCUT2D eigenvalue weighted by molar-refractivity contribution is 5.69. The van der Waals surface area contributed by atoms with E-state index < -0.39 is 36.5 Å². The molecule has 0 unspecified atom stereocenters. The molecule has 44 heavy (non-hydrogen) atoms. The standard InChI is InChI=1S/C35H56O9/c1-19(8-13-31(39)40-7)26-11-12-27-25-10-9-23-16-24(14-15-34(23,5)28(25)17-30(38)35(26,27)6)44-32-18-29(42-21(3)36)33(20(2)41-32)43-22(4)37/h19-20,23-30,32-33,38H,8-18H2,1-7H3/t19-,20+,23-,24-,25+,26-,27+,28+,29+,30+,32+,33+,34+,35-/m1/s1. The van der Waals surface area contributed by atoms with Gasteiger partial charge in [0.25, 0.3) is 0 Å². The van der Waals surface area contributed by atoms with Crippen molar-refractivity contribution in [3.8, 4) is 0 Å². The first kappa shape index (κ1) is 33.6. The van der Waals surface area contributed by atoms with Gasteiger partial charge >= 0.3 is 17.9 Å². The largest absolute Gasteiger partial charge is 0.469 e. The number of carbonyl (C=O) groups excluding carboxylic acids is 3. The number of carbonyl (C=O) groups is 3. The van der Waals surface area contributed by atoms with Crippen molar-refractivity contribution in [3.05, 3.63) is 0 Å². The fourth-order valence-electron chi connectivity index (χ4n) is 10.9. The summed E-state index contributed by atoms with van der Waals surface area (Å²) < 4.78 is 28.6. The molecule has 0 spiro atoms. The number of rotatable bonds is 8. The molecular formula is C35H56O9. The Labute approximate surface area is 263 Å². The smallest absolute Gasteiger partial charge is 0.305 e. The second kappa shape index (κ2) is 13.2. The highest BCUT2D eigenvalue weighted by atomic mass is 16.7. The third kappa shape index (κ3) is 6.31. The molecule has 0 amide bonds. The van der Waals surface area contributed by atoms with E-state index in [1.165, 1.54) is 40.2 Å². The predicted octanol–water partition coefficient (Wildman–Crippen LogP) is 5.59. The Morgan fingerprint density at radius 3 is 2.36 bits per heavy atom. The van der Waals surface area contributed by atoms with Crippen molar-refractivity contribution in [1.82, 2.24) is 0 Å². The molecule has 0 aromatic heterocycles. The van der Waals surface area contributed by atoms with Gasteiger partial charge in [-0.05, 0) is 111 Å². The Morgan fingerprint density at radius 2 is 1.68 bits per heavy atom. The summed E-state index contributed by atoms with van der Waals surface area (Å²) in [6.45, 7) is 11.6. The van der Waals surface area contributed by atoms with Crippen LogP contribution in [0.25, 0.3) is 0 Å². The zero-order chi connectivity index (χ0) is 32.0. The van der Waals surface area contributed by atoms with Crippen LogP contribution in [0.5, 0.6) is 0 Å². The van der Waals surface area contributed by atoms with Crippen LogP contribution in [0, 0.1) is 46.3 Å². The molecular weight excluding hydrogens is 564 g/mol. The van der Waals surface area contributed by atoms with Crippen molar-refractivity contribution in [2.24, 2.45) is 46.3 Å². The number of hydrogen-bond acceptors (Lipinski definition) is 9. The van der Waals surface area contributed by atoms with E-state index in [0.29, 0.717) is 48.3 Å². The summed E-state index contributed by atoms with van der Waals surface area (Å²) in [5, 5.41) is 11.9. The summed E-state index contributed by atoms with van der Waals surface area (Å²) in [5.41, 5.74) is 0.0682. The summed E-state index contributed by atoms with van der Waals surface area (Å²) in [7, 11) is 1.45. The number of ether oxygens (including phenoxy) is 5. The molecule has 1 heterocycles. The highest BCUT2D eigenvalue weighted by Crippen LogP contribution is 2.68. The van der Waals surface area contributed by atoms with Gasteiger partial charge in [-0.25, -0.2) is 0 Å². The lowest BCUT2D eigenvalue weighted by Gasteiger charge is -2.62. The van der Waals surface area contributed by atoms with Crippen molar-refractivity contribution in [2.75, 3.05) is 7.11 Å². The zero-order valence-corrected chi connectivity index (χ0v) is 27.9. The van der Waals surface area contributed by atoms with Crippen LogP contribution >= 0.6 is 0 Å². The molecule has 5 fully saturated rings.